The van der Waals surface area contributed by atoms with Crippen molar-refractivity contribution in [3.05, 3.63) is 36.1 Å². The van der Waals surface area contributed by atoms with Gasteiger partial charge in [0.2, 0.25) is 0 Å². The first kappa shape index (κ1) is 16.1. The topological polar surface area (TPSA) is 63.9 Å². The van der Waals surface area contributed by atoms with Gasteiger partial charge in [0.1, 0.15) is 11.3 Å². The van der Waals surface area contributed by atoms with Crippen LogP contribution < -0.4 is 5.73 Å². The number of hydrogen-bond acceptors (Lipinski definition) is 5. The summed E-state index contributed by atoms with van der Waals surface area (Å²) < 4.78 is 5.80. The lowest BCUT2D eigenvalue weighted by Gasteiger charge is -2.08. The van der Waals surface area contributed by atoms with Crippen LogP contribution in [0, 0.1) is 0 Å². The van der Waals surface area contributed by atoms with Crippen LogP contribution in [-0.4, -0.2) is 16.6 Å². The van der Waals surface area contributed by atoms with Crippen molar-refractivity contribution in [2.24, 2.45) is 15.9 Å². The third kappa shape index (κ3) is 4.35. The molecular weight excluding hydrogens is 350 g/mol. The van der Waals surface area contributed by atoms with Crippen molar-refractivity contribution in [3.63, 3.8) is 0 Å². The fourth-order valence-electron chi connectivity index (χ4n) is 2.25. The lowest BCUT2D eigenvalue weighted by Crippen LogP contribution is -2.15. The molecule has 0 aliphatic carbocycles. The highest BCUT2D eigenvalue weighted by atomic mass is 79.9. The Balaban J connectivity index is 0.00000161. The van der Waals surface area contributed by atoms with Gasteiger partial charge < -0.3 is 10.2 Å². The molecule has 1 aromatic heterocycles. The molecule has 0 amide bonds. The summed E-state index contributed by atoms with van der Waals surface area (Å²) in [7, 11) is 0. The van der Waals surface area contributed by atoms with E-state index in [0.717, 1.165) is 48.5 Å². The lowest BCUT2D eigenvalue weighted by molar-refractivity contribution is 0.534. The van der Waals surface area contributed by atoms with Gasteiger partial charge in [0.25, 0.3) is 0 Å². The second-order valence-electron chi connectivity index (χ2n) is 4.85. The minimum absolute atomic E-state index is 0. The Morgan fingerprint density at radius 2 is 1.95 bits per heavy atom. The molecule has 2 N–H and O–H groups in total. The minimum Gasteiger partial charge on any atom is -0.461 e. The van der Waals surface area contributed by atoms with Crippen LogP contribution in [0.2, 0.25) is 0 Å². The maximum atomic E-state index is 5.80. The van der Waals surface area contributed by atoms with E-state index >= 15 is 0 Å². The van der Waals surface area contributed by atoms with E-state index in [9.17, 15) is 0 Å². The molecule has 0 saturated carbocycles. The van der Waals surface area contributed by atoms with Gasteiger partial charge in [-0.1, -0.05) is 30.0 Å². The van der Waals surface area contributed by atoms with Crippen molar-refractivity contribution in [2.45, 2.75) is 25.7 Å². The number of amidine groups is 1. The molecule has 2 aromatic rings. The van der Waals surface area contributed by atoms with Gasteiger partial charge in [-0.05, 0) is 31.4 Å². The zero-order valence-corrected chi connectivity index (χ0v) is 14.1. The Bertz CT molecular complexity index is 633. The second kappa shape index (κ2) is 7.66. The Morgan fingerprint density at radius 1 is 1.14 bits per heavy atom. The van der Waals surface area contributed by atoms with Crippen LogP contribution in [0.1, 0.15) is 25.0 Å². The van der Waals surface area contributed by atoms with E-state index in [4.69, 9.17) is 10.2 Å². The van der Waals surface area contributed by atoms with Crippen LogP contribution in [0.5, 0.6) is 0 Å². The van der Waals surface area contributed by atoms with E-state index in [1.54, 1.807) is 11.8 Å². The van der Waals surface area contributed by atoms with E-state index in [1.807, 2.05) is 18.2 Å². The van der Waals surface area contributed by atoms with Gasteiger partial charge in [0, 0.05) is 17.6 Å². The third-order valence-electron chi connectivity index (χ3n) is 3.29. The maximum absolute atomic E-state index is 5.80. The summed E-state index contributed by atoms with van der Waals surface area (Å²) >= 11 is 1.56. The fraction of sp³-hybridized carbons (Fsp3) is 0.333. The van der Waals surface area contributed by atoms with E-state index in [1.165, 1.54) is 5.39 Å². The van der Waals surface area contributed by atoms with Gasteiger partial charge in [0.05, 0.1) is 5.71 Å². The lowest BCUT2D eigenvalue weighted by atomic mass is 10.1. The molecule has 0 unspecified atom stereocenters. The number of nitrogens with zero attached hydrogens (tertiary/aromatic N) is 2. The summed E-state index contributed by atoms with van der Waals surface area (Å²) in [4.78, 5) is 0. The van der Waals surface area contributed by atoms with Crippen LogP contribution in [-0.2, 0) is 6.42 Å². The number of furan rings is 1. The Kier molecular flexibility index (Phi) is 5.87. The molecule has 1 aliphatic heterocycles. The molecule has 1 aliphatic rings. The van der Waals surface area contributed by atoms with Gasteiger partial charge in [-0.3, -0.25) is 0 Å². The van der Waals surface area contributed by atoms with Crippen LogP contribution >= 0.6 is 28.7 Å². The van der Waals surface area contributed by atoms with Crippen LogP contribution in [0.4, 0.5) is 0 Å². The van der Waals surface area contributed by atoms with E-state index in [2.05, 4.69) is 22.3 Å². The van der Waals surface area contributed by atoms with Crippen molar-refractivity contribution in [3.8, 4) is 0 Å². The number of halogens is 1. The number of fused-ring (bicyclic) bond motifs is 1. The molecule has 3 rings (SSSR count). The van der Waals surface area contributed by atoms with E-state index in [0.29, 0.717) is 5.17 Å². The summed E-state index contributed by atoms with van der Waals surface area (Å²) in [6, 6.07) is 10.3. The number of benzene rings is 1. The SMILES string of the molecule is Br.NC1=NN=C(CCCCc2cc3ccccc3o2)CS1. The number of thioether (sulfide) groups is 1. The average Bonchev–Trinajstić information content (AvgIpc) is 2.88. The highest BCUT2D eigenvalue weighted by Gasteiger charge is 2.08. The molecule has 0 spiro atoms. The van der Waals surface area contributed by atoms with Gasteiger partial charge in [-0.25, -0.2) is 0 Å². The van der Waals surface area contributed by atoms with E-state index in [-0.39, 0.29) is 17.0 Å². The van der Waals surface area contributed by atoms with Gasteiger partial charge in [-0.15, -0.1) is 22.1 Å². The molecule has 4 nitrogen and oxygen atoms in total. The summed E-state index contributed by atoms with van der Waals surface area (Å²) in [5.74, 6) is 1.94. The zero-order chi connectivity index (χ0) is 13.8. The van der Waals surface area contributed by atoms with Crippen LogP contribution in [0.3, 0.4) is 0 Å². The van der Waals surface area contributed by atoms with E-state index < -0.39 is 0 Å². The number of unbranched alkanes of at least 4 members (excludes halogenated alkanes) is 1. The minimum atomic E-state index is 0. The number of para-hydroxylation sites is 1. The third-order valence-corrected chi connectivity index (χ3v) is 4.15. The summed E-state index contributed by atoms with van der Waals surface area (Å²) in [5.41, 5.74) is 7.66. The fourth-order valence-corrected chi connectivity index (χ4v) is 2.86. The molecule has 0 radical (unpaired) electrons. The van der Waals surface area contributed by atoms with Crippen molar-refractivity contribution < 1.29 is 4.42 Å². The van der Waals surface area contributed by atoms with Crippen molar-refractivity contribution in [1.82, 2.24) is 0 Å². The number of aryl methyl sites for hydroxylation is 1. The molecule has 6 heteroatoms. The predicted molar refractivity (Wildman–Crippen MR) is 95.6 cm³/mol. The first-order chi connectivity index (χ1) is 9.81. The monoisotopic (exact) mass is 367 g/mol. The molecule has 0 bridgehead atoms. The first-order valence-corrected chi connectivity index (χ1v) is 7.79. The highest BCUT2D eigenvalue weighted by molar-refractivity contribution is 8.93. The Morgan fingerprint density at radius 3 is 2.71 bits per heavy atom. The number of hydrogen-bond donors (Lipinski definition) is 1. The molecule has 0 atom stereocenters. The molecule has 1 aromatic carbocycles. The largest absolute Gasteiger partial charge is 0.461 e. The standard InChI is InChI=1S/C15H17N3OS.BrH/c16-15-18-17-12(10-20-15)6-2-3-7-13-9-11-5-1-4-8-14(11)19-13;/h1,4-5,8-9H,2-3,6-7,10H2,(H2,16,18);1H. The molecule has 2 heterocycles. The molecular formula is C15H18BrN3OS. The first-order valence-electron chi connectivity index (χ1n) is 6.80. The number of nitrogens with two attached hydrogens (primary N) is 1. The quantitative estimate of drug-likeness (QED) is 0.807. The zero-order valence-electron chi connectivity index (χ0n) is 11.6. The molecule has 112 valence electrons. The van der Waals surface area contributed by atoms with Gasteiger partial charge in [-0.2, -0.15) is 5.10 Å². The maximum Gasteiger partial charge on any atom is 0.180 e. The molecule has 0 saturated heterocycles. The van der Waals surface area contributed by atoms with Gasteiger partial charge in [0.15, 0.2) is 5.17 Å². The van der Waals surface area contributed by atoms with Crippen LogP contribution in [0.15, 0.2) is 45.0 Å². The predicted octanol–water partition coefficient (Wildman–Crippen LogP) is 4.14. The van der Waals surface area contributed by atoms with Gasteiger partial charge >= 0.3 is 0 Å². The smallest absolute Gasteiger partial charge is 0.180 e. The summed E-state index contributed by atoms with van der Waals surface area (Å²) in [5, 5.41) is 9.78. The molecule has 21 heavy (non-hydrogen) atoms. The molecule has 0 fully saturated rings. The van der Waals surface area contributed by atoms with Crippen LogP contribution in [0.25, 0.3) is 11.0 Å². The summed E-state index contributed by atoms with van der Waals surface area (Å²) in [6.07, 6.45) is 4.17. The van der Waals surface area contributed by atoms with Crippen molar-refractivity contribution in [1.29, 1.82) is 0 Å². The second-order valence-corrected chi connectivity index (χ2v) is 5.85. The Labute approximate surface area is 138 Å². The normalized spacial score (nSPS) is 14.5. The Hall–Kier alpha value is -1.27. The van der Waals surface area contributed by atoms with Crippen molar-refractivity contribution >= 4 is 50.6 Å². The average molecular weight is 368 g/mol. The highest BCUT2D eigenvalue weighted by Crippen LogP contribution is 2.20. The number of rotatable bonds is 5. The summed E-state index contributed by atoms with van der Waals surface area (Å²) in [6.45, 7) is 0. The van der Waals surface area contributed by atoms with Crippen molar-refractivity contribution in [2.75, 3.05) is 5.75 Å².